The minimum Gasteiger partial charge on any atom is -0.460 e. The van der Waals surface area contributed by atoms with E-state index in [2.05, 4.69) is 0 Å². The van der Waals surface area contributed by atoms with E-state index in [-0.39, 0.29) is 12.4 Å². The molecule has 158 valence electrons. The first-order chi connectivity index (χ1) is 14.4. The summed E-state index contributed by atoms with van der Waals surface area (Å²) in [5.41, 5.74) is 0.421. The van der Waals surface area contributed by atoms with Gasteiger partial charge >= 0.3 is 11.6 Å². The molecule has 0 saturated carbocycles. The first kappa shape index (κ1) is 20.6. The van der Waals surface area contributed by atoms with Crippen molar-refractivity contribution in [2.75, 3.05) is 12.3 Å². The van der Waals surface area contributed by atoms with Crippen molar-refractivity contribution >= 4 is 37.7 Å². The Morgan fingerprint density at radius 2 is 2.03 bits per heavy atom. The van der Waals surface area contributed by atoms with E-state index < -0.39 is 27.7 Å². The number of esters is 1. The Balaban J connectivity index is 1.63. The molecular formula is C22H23NO6S. The van der Waals surface area contributed by atoms with Crippen molar-refractivity contribution in [3.05, 3.63) is 58.4 Å². The number of ether oxygens (including phenoxy) is 1. The van der Waals surface area contributed by atoms with Crippen molar-refractivity contribution in [2.24, 2.45) is 0 Å². The highest BCUT2D eigenvalue weighted by Crippen LogP contribution is 2.28. The van der Waals surface area contributed by atoms with Gasteiger partial charge in [-0.3, -0.25) is 4.79 Å². The van der Waals surface area contributed by atoms with Crippen molar-refractivity contribution in [2.45, 2.75) is 38.8 Å². The van der Waals surface area contributed by atoms with Gasteiger partial charge in [0.05, 0.1) is 5.75 Å². The number of benzene rings is 2. The van der Waals surface area contributed by atoms with Gasteiger partial charge in [0, 0.05) is 23.6 Å². The average Bonchev–Trinajstić information content (AvgIpc) is 3.22. The van der Waals surface area contributed by atoms with Gasteiger partial charge in [-0.05, 0) is 36.1 Å². The third kappa shape index (κ3) is 3.85. The van der Waals surface area contributed by atoms with E-state index in [1.165, 1.54) is 10.4 Å². The van der Waals surface area contributed by atoms with Gasteiger partial charge < -0.3 is 9.15 Å². The fourth-order valence-electron chi connectivity index (χ4n) is 4.06. The highest BCUT2D eigenvalue weighted by atomic mass is 32.2. The van der Waals surface area contributed by atoms with E-state index in [0.29, 0.717) is 42.3 Å². The molecule has 0 bridgehead atoms. The zero-order chi connectivity index (χ0) is 21.3. The van der Waals surface area contributed by atoms with Gasteiger partial charge in [0.15, 0.2) is 0 Å². The summed E-state index contributed by atoms with van der Waals surface area (Å²) in [7, 11) is -3.49. The quantitative estimate of drug-likeness (QED) is 0.339. The molecule has 1 aliphatic heterocycles. The molecule has 2 aromatic carbocycles. The molecule has 0 amide bonds. The predicted octanol–water partition coefficient (Wildman–Crippen LogP) is 3.19. The fraction of sp³-hybridized carbons (Fsp3) is 0.364. The zero-order valence-corrected chi connectivity index (χ0v) is 17.5. The van der Waals surface area contributed by atoms with E-state index in [1.54, 1.807) is 13.0 Å². The molecule has 1 saturated heterocycles. The van der Waals surface area contributed by atoms with Crippen LogP contribution in [0.15, 0.2) is 51.7 Å². The SMILES string of the molecule is CCCS(=O)(=O)N1CCCC1C(=O)OCc1cc(=O)oc2ccc3ccccc3c12. The molecule has 1 atom stereocenters. The largest absolute Gasteiger partial charge is 0.460 e. The van der Waals surface area contributed by atoms with Crippen molar-refractivity contribution < 1.29 is 22.4 Å². The van der Waals surface area contributed by atoms with Gasteiger partial charge in [0.2, 0.25) is 10.0 Å². The molecule has 1 aromatic heterocycles. The lowest BCUT2D eigenvalue weighted by Crippen LogP contribution is -2.42. The maximum absolute atomic E-state index is 12.7. The van der Waals surface area contributed by atoms with Crippen LogP contribution in [-0.4, -0.2) is 37.0 Å². The number of fused-ring (bicyclic) bond motifs is 3. The third-order valence-corrected chi connectivity index (χ3v) is 7.46. The summed E-state index contributed by atoms with van der Waals surface area (Å²) in [5.74, 6) is -0.582. The van der Waals surface area contributed by atoms with E-state index >= 15 is 0 Å². The predicted molar refractivity (Wildman–Crippen MR) is 114 cm³/mol. The van der Waals surface area contributed by atoms with Crippen molar-refractivity contribution in [3.8, 4) is 0 Å². The Bertz CT molecular complexity index is 1260. The van der Waals surface area contributed by atoms with Crippen LogP contribution < -0.4 is 5.63 Å². The Labute approximate surface area is 174 Å². The second-order valence-electron chi connectivity index (χ2n) is 7.44. The maximum atomic E-state index is 12.7. The van der Waals surface area contributed by atoms with Gasteiger partial charge in [-0.15, -0.1) is 0 Å². The number of carbonyl (C=O) groups is 1. The van der Waals surface area contributed by atoms with Crippen LogP contribution in [-0.2, 0) is 26.2 Å². The molecule has 1 aliphatic rings. The second-order valence-corrected chi connectivity index (χ2v) is 9.48. The zero-order valence-electron chi connectivity index (χ0n) is 16.7. The summed E-state index contributed by atoms with van der Waals surface area (Å²) in [6.07, 6.45) is 1.53. The first-order valence-corrected chi connectivity index (χ1v) is 11.6. The summed E-state index contributed by atoms with van der Waals surface area (Å²) in [6.45, 7) is 1.98. The molecule has 0 aliphatic carbocycles. The van der Waals surface area contributed by atoms with Gasteiger partial charge in [0.1, 0.15) is 18.2 Å². The second kappa shape index (κ2) is 8.20. The van der Waals surface area contributed by atoms with E-state index in [1.807, 2.05) is 30.3 Å². The molecule has 4 rings (SSSR count). The van der Waals surface area contributed by atoms with E-state index in [9.17, 15) is 18.0 Å². The van der Waals surface area contributed by atoms with Gasteiger partial charge in [-0.25, -0.2) is 13.2 Å². The minimum absolute atomic E-state index is 0.00708. The van der Waals surface area contributed by atoms with Crippen LogP contribution in [0.2, 0.25) is 0 Å². The van der Waals surface area contributed by atoms with Crippen LogP contribution in [0.5, 0.6) is 0 Å². The molecule has 0 N–H and O–H groups in total. The molecule has 30 heavy (non-hydrogen) atoms. The normalized spacial score (nSPS) is 17.6. The molecule has 1 unspecified atom stereocenters. The molecule has 7 nitrogen and oxygen atoms in total. The van der Waals surface area contributed by atoms with E-state index in [0.717, 1.165) is 10.8 Å². The standard InChI is InChI=1S/C22H23NO6S/c1-2-12-30(26,27)23-11-5-8-18(23)22(25)28-14-16-13-20(24)29-19-10-9-15-6-3-4-7-17(15)21(16)19/h3-4,6-7,9-10,13,18H,2,5,8,11-12,14H2,1H3. The summed E-state index contributed by atoms with van der Waals surface area (Å²) < 4.78 is 37.0. The van der Waals surface area contributed by atoms with Gasteiger partial charge in [-0.2, -0.15) is 4.31 Å². The fourth-order valence-corrected chi connectivity index (χ4v) is 5.80. The first-order valence-electron chi connectivity index (χ1n) is 10.0. The minimum atomic E-state index is -3.49. The van der Waals surface area contributed by atoms with Crippen LogP contribution in [0, 0.1) is 0 Å². The summed E-state index contributed by atoms with van der Waals surface area (Å²) >= 11 is 0. The number of hydrogen-bond acceptors (Lipinski definition) is 6. The van der Waals surface area contributed by atoms with Crippen LogP contribution >= 0.6 is 0 Å². The van der Waals surface area contributed by atoms with Crippen LogP contribution in [0.4, 0.5) is 0 Å². The van der Waals surface area contributed by atoms with Crippen LogP contribution in [0.3, 0.4) is 0 Å². The summed E-state index contributed by atoms with van der Waals surface area (Å²) in [5, 5.41) is 2.57. The molecule has 3 aromatic rings. The van der Waals surface area contributed by atoms with Gasteiger partial charge in [-0.1, -0.05) is 37.3 Å². The number of rotatable bonds is 6. The Kier molecular flexibility index (Phi) is 5.62. The topological polar surface area (TPSA) is 93.9 Å². The maximum Gasteiger partial charge on any atom is 0.336 e. The number of carbonyl (C=O) groups excluding carboxylic acids is 1. The van der Waals surface area contributed by atoms with Crippen molar-refractivity contribution in [1.82, 2.24) is 4.31 Å². The molecule has 1 fully saturated rings. The molecule has 8 heteroatoms. The van der Waals surface area contributed by atoms with E-state index in [4.69, 9.17) is 9.15 Å². The highest BCUT2D eigenvalue weighted by molar-refractivity contribution is 7.89. The van der Waals surface area contributed by atoms with Crippen molar-refractivity contribution in [3.63, 3.8) is 0 Å². The summed E-state index contributed by atoms with van der Waals surface area (Å²) in [4.78, 5) is 24.7. The molecular weight excluding hydrogens is 406 g/mol. The lowest BCUT2D eigenvalue weighted by atomic mass is 10.0. The molecule has 2 heterocycles. The van der Waals surface area contributed by atoms with Crippen LogP contribution in [0.1, 0.15) is 31.7 Å². The Morgan fingerprint density at radius 1 is 1.23 bits per heavy atom. The number of sulfonamides is 1. The number of nitrogens with zero attached hydrogens (tertiary/aromatic N) is 1. The highest BCUT2D eigenvalue weighted by Gasteiger charge is 2.39. The smallest absolute Gasteiger partial charge is 0.336 e. The average molecular weight is 429 g/mol. The summed E-state index contributed by atoms with van der Waals surface area (Å²) in [6, 6.07) is 11.8. The monoisotopic (exact) mass is 429 g/mol. The third-order valence-electron chi connectivity index (χ3n) is 5.38. The number of hydrogen-bond donors (Lipinski definition) is 0. The Morgan fingerprint density at radius 3 is 2.83 bits per heavy atom. The lowest BCUT2D eigenvalue weighted by Gasteiger charge is -2.22. The molecule has 0 radical (unpaired) electrons. The van der Waals surface area contributed by atoms with Crippen LogP contribution in [0.25, 0.3) is 21.7 Å². The molecule has 0 spiro atoms. The Hall–Kier alpha value is -2.71. The van der Waals surface area contributed by atoms with Gasteiger partial charge in [0.25, 0.3) is 0 Å². The van der Waals surface area contributed by atoms with Crippen molar-refractivity contribution in [1.29, 1.82) is 0 Å². The lowest BCUT2D eigenvalue weighted by molar-refractivity contribution is -0.148.